The van der Waals surface area contributed by atoms with Gasteiger partial charge in [0.2, 0.25) is 5.91 Å². The smallest absolute Gasteiger partial charge is 0.410 e. The van der Waals surface area contributed by atoms with Gasteiger partial charge in [-0.05, 0) is 13.8 Å². The van der Waals surface area contributed by atoms with Crippen LogP contribution in [0.3, 0.4) is 0 Å². The zero-order valence-corrected chi connectivity index (χ0v) is 16.2. The van der Waals surface area contributed by atoms with Crippen LogP contribution in [0.4, 0.5) is 4.79 Å². The molecule has 8 heteroatoms. The lowest BCUT2D eigenvalue weighted by Gasteiger charge is -2.38. The van der Waals surface area contributed by atoms with Crippen LogP contribution >= 0.6 is 0 Å². The first-order valence-corrected chi connectivity index (χ1v) is 9.85. The average Bonchev–Trinajstić information content (AvgIpc) is 2.95. The molecule has 26 heavy (non-hydrogen) atoms. The molecule has 148 valence electrons. The first kappa shape index (κ1) is 19.4. The van der Waals surface area contributed by atoms with Crippen LogP contribution in [0.1, 0.15) is 26.7 Å². The van der Waals surface area contributed by atoms with Crippen molar-refractivity contribution < 1.29 is 14.3 Å². The second kappa shape index (κ2) is 8.10. The first-order chi connectivity index (χ1) is 12.4. The number of nitrogens with zero attached hydrogens (tertiary/aromatic N) is 4. The molecule has 0 radical (unpaired) electrons. The third-order valence-corrected chi connectivity index (χ3v) is 6.07. The van der Waals surface area contributed by atoms with Gasteiger partial charge in [0, 0.05) is 71.2 Å². The maximum atomic E-state index is 12.3. The van der Waals surface area contributed by atoms with E-state index in [2.05, 4.69) is 23.6 Å². The predicted molar refractivity (Wildman–Crippen MR) is 98.8 cm³/mol. The normalized spacial score (nSPS) is 24.5. The van der Waals surface area contributed by atoms with E-state index in [1.54, 1.807) is 4.90 Å². The molecule has 0 aliphatic carbocycles. The van der Waals surface area contributed by atoms with Crippen LogP contribution in [-0.4, -0.2) is 109 Å². The standard InChI is InChI=1S/C18H33N5O3/c1-15(2)21-10-7-20(8-11-21)9-12-23-14-18(26-17(23)25)3-5-22(6-4-18)16(24)13-19/h15H,3-14,19H2,1-2H3. The van der Waals surface area contributed by atoms with Gasteiger partial charge >= 0.3 is 6.09 Å². The van der Waals surface area contributed by atoms with Gasteiger partial charge in [0.15, 0.2) is 0 Å². The summed E-state index contributed by atoms with van der Waals surface area (Å²) < 4.78 is 5.74. The first-order valence-electron chi connectivity index (χ1n) is 9.85. The van der Waals surface area contributed by atoms with E-state index in [9.17, 15) is 9.59 Å². The Morgan fingerprint density at radius 2 is 1.77 bits per heavy atom. The lowest BCUT2D eigenvalue weighted by Crippen LogP contribution is -2.51. The van der Waals surface area contributed by atoms with E-state index in [1.807, 2.05) is 4.90 Å². The minimum absolute atomic E-state index is 0.0263. The van der Waals surface area contributed by atoms with Crippen LogP contribution in [0, 0.1) is 0 Å². The number of hydrogen-bond acceptors (Lipinski definition) is 6. The molecule has 8 nitrogen and oxygen atoms in total. The highest BCUT2D eigenvalue weighted by atomic mass is 16.6. The fourth-order valence-electron chi connectivity index (χ4n) is 4.18. The van der Waals surface area contributed by atoms with Crippen LogP contribution in [0.5, 0.6) is 0 Å². The van der Waals surface area contributed by atoms with Crippen molar-refractivity contribution >= 4 is 12.0 Å². The molecule has 3 rings (SSSR count). The molecule has 0 aromatic heterocycles. The summed E-state index contributed by atoms with van der Waals surface area (Å²) in [5.41, 5.74) is 5.02. The summed E-state index contributed by atoms with van der Waals surface area (Å²) in [4.78, 5) is 32.6. The van der Waals surface area contributed by atoms with Crippen molar-refractivity contribution in [2.24, 2.45) is 5.73 Å². The SMILES string of the molecule is CC(C)N1CCN(CCN2CC3(CCN(C(=O)CN)CC3)OC2=O)CC1. The second-order valence-corrected chi connectivity index (χ2v) is 8.03. The van der Waals surface area contributed by atoms with Crippen LogP contribution in [0.25, 0.3) is 0 Å². The quantitative estimate of drug-likeness (QED) is 0.724. The van der Waals surface area contributed by atoms with E-state index in [0.29, 0.717) is 45.1 Å². The van der Waals surface area contributed by atoms with Gasteiger partial charge in [-0.3, -0.25) is 14.6 Å². The van der Waals surface area contributed by atoms with Crippen molar-refractivity contribution in [3.8, 4) is 0 Å². The molecule has 1 spiro atoms. The Hall–Kier alpha value is -1.38. The van der Waals surface area contributed by atoms with Gasteiger partial charge in [-0.15, -0.1) is 0 Å². The highest BCUT2D eigenvalue weighted by Crippen LogP contribution is 2.33. The van der Waals surface area contributed by atoms with E-state index in [1.165, 1.54) is 0 Å². The molecule has 0 unspecified atom stereocenters. The fraction of sp³-hybridized carbons (Fsp3) is 0.889. The van der Waals surface area contributed by atoms with E-state index in [4.69, 9.17) is 10.5 Å². The summed E-state index contributed by atoms with van der Waals surface area (Å²) in [5, 5.41) is 0. The van der Waals surface area contributed by atoms with Crippen molar-refractivity contribution in [3.05, 3.63) is 0 Å². The van der Waals surface area contributed by atoms with Gasteiger partial charge in [-0.25, -0.2) is 4.79 Å². The molecule has 0 aromatic carbocycles. The minimum atomic E-state index is -0.418. The number of piperazine rings is 1. The highest BCUT2D eigenvalue weighted by Gasteiger charge is 2.47. The van der Waals surface area contributed by atoms with Gasteiger partial charge in [0.1, 0.15) is 5.60 Å². The Labute approximate surface area is 156 Å². The Kier molecular flexibility index (Phi) is 6.04. The number of carbonyl (C=O) groups excluding carboxylic acids is 2. The van der Waals surface area contributed by atoms with Gasteiger partial charge in [0.25, 0.3) is 0 Å². The van der Waals surface area contributed by atoms with E-state index < -0.39 is 5.60 Å². The van der Waals surface area contributed by atoms with Crippen LogP contribution in [0.2, 0.25) is 0 Å². The number of amides is 2. The van der Waals surface area contributed by atoms with Gasteiger partial charge in [-0.2, -0.15) is 0 Å². The highest BCUT2D eigenvalue weighted by molar-refractivity contribution is 5.78. The van der Waals surface area contributed by atoms with E-state index in [0.717, 1.165) is 32.7 Å². The van der Waals surface area contributed by atoms with Crippen LogP contribution in [-0.2, 0) is 9.53 Å². The van der Waals surface area contributed by atoms with Crippen molar-refractivity contribution in [2.45, 2.75) is 38.3 Å². The van der Waals surface area contributed by atoms with Crippen molar-refractivity contribution in [2.75, 3.05) is 65.4 Å². The summed E-state index contributed by atoms with van der Waals surface area (Å²) in [6.45, 7) is 12.3. The van der Waals surface area contributed by atoms with Gasteiger partial charge in [-0.1, -0.05) is 0 Å². The number of ether oxygens (including phenoxy) is 1. The van der Waals surface area contributed by atoms with Crippen LogP contribution in [0.15, 0.2) is 0 Å². The summed E-state index contributed by atoms with van der Waals surface area (Å²) in [5.74, 6) is -0.0263. The Morgan fingerprint density at radius 3 is 2.35 bits per heavy atom. The molecule has 3 aliphatic heterocycles. The predicted octanol–water partition coefficient (Wildman–Crippen LogP) is -0.215. The number of rotatable bonds is 5. The number of carbonyl (C=O) groups is 2. The molecular weight excluding hydrogens is 334 g/mol. The summed E-state index contributed by atoms with van der Waals surface area (Å²) in [6.07, 6.45) is 1.20. The minimum Gasteiger partial charge on any atom is -0.441 e. The molecule has 0 saturated carbocycles. The van der Waals surface area contributed by atoms with E-state index in [-0.39, 0.29) is 18.5 Å². The maximum absolute atomic E-state index is 12.3. The zero-order chi connectivity index (χ0) is 18.7. The summed E-state index contributed by atoms with van der Waals surface area (Å²) >= 11 is 0. The van der Waals surface area contributed by atoms with Crippen LogP contribution < -0.4 is 5.73 Å². The molecule has 2 N–H and O–H groups in total. The lowest BCUT2D eigenvalue weighted by atomic mass is 9.91. The Balaban J connectivity index is 1.44. The lowest BCUT2D eigenvalue weighted by molar-refractivity contribution is -0.133. The number of likely N-dealkylation sites (tertiary alicyclic amines) is 1. The van der Waals surface area contributed by atoms with Gasteiger partial charge < -0.3 is 20.3 Å². The third-order valence-electron chi connectivity index (χ3n) is 6.07. The Bertz CT molecular complexity index is 511. The molecule has 3 fully saturated rings. The fourth-order valence-corrected chi connectivity index (χ4v) is 4.18. The van der Waals surface area contributed by atoms with Crippen molar-refractivity contribution in [3.63, 3.8) is 0 Å². The molecule has 2 amide bonds. The van der Waals surface area contributed by atoms with Crippen molar-refractivity contribution in [1.29, 1.82) is 0 Å². The third kappa shape index (κ3) is 4.29. The largest absolute Gasteiger partial charge is 0.441 e. The summed E-state index contributed by atoms with van der Waals surface area (Å²) in [6, 6.07) is 0.600. The topological polar surface area (TPSA) is 82.3 Å². The molecule has 3 aliphatic rings. The molecule has 3 heterocycles. The number of piperidine rings is 1. The second-order valence-electron chi connectivity index (χ2n) is 8.03. The monoisotopic (exact) mass is 367 g/mol. The maximum Gasteiger partial charge on any atom is 0.410 e. The molecular formula is C18H33N5O3. The van der Waals surface area contributed by atoms with E-state index >= 15 is 0 Å². The van der Waals surface area contributed by atoms with Gasteiger partial charge in [0.05, 0.1) is 13.1 Å². The van der Waals surface area contributed by atoms with Crippen molar-refractivity contribution in [1.82, 2.24) is 19.6 Å². The number of nitrogens with two attached hydrogens (primary N) is 1. The average molecular weight is 367 g/mol. The molecule has 3 saturated heterocycles. The zero-order valence-electron chi connectivity index (χ0n) is 16.2. The molecule has 0 aromatic rings. The summed E-state index contributed by atoms with van der Waals surface area (Å²) in [7, 11) is 0. The molecule has 0 atom stereocenters. The molecule has 0 bridgehead atoms. The number of hydrogen-bond donors (Lipinski definition) is 1. The Morgan fingerprint density at radius 1 is 1.12 bits per heavy atom.